The van der Waals surface area contributed by atoms with Crippen molar-refractivity contribution in [2.24, 2.45) is 7.05 Å². The number of nitrogens with one attached hydrogen (secondary N) is 1. The van der Waals surface area contributed by atoms with Gasteiger partial charge in [-0.2, -0.15) is 4.98 Å². The average molecular weight is 606 g/mol. The van der Waals surface area contributed by atoms with Crippen LogP contribution < -0.4 is 15.6 Å². The molecule has 11 nitrogen and oxygen atoms in total. The molecule has 4 heterocycles. The van der Waals surface area contributed by atoms with E-state index in [2.05, 4.69) is 30.4 Å². The minimum absolute atomic E-state index is 0.259. The van der Waals surface area contributed by atoms with Gasteiger partial charge >= 0.3 is 124 Å². The molecule has 0 spiro atoms. The zero-order valence-corrected chi connectivity index (χ0v) is 24.6. The molecular formula is C26H30Cl2N7O4P. The Hall–Kier alpha value is -2.92. The van der Waals surface area contributed by atoms with Gasteiger partial charge in [0.25, 0.3) is 5.56 Å². The predicted octanol–water partition coefficient (Wildman–Crippen LogP) is 4.14. The first-order valence-electron chi connectivity index (χ1n) is 12.9. The van der Waals surface area contributed by atoms with E-state index < -0.39 is 7.72 Å². The van der Waals surface area contributed by atoms with Crippen LogP contribution in [0.2, 0.25) is 10.0 Å². The summed E-state index contributed by atoms with van der Waals surface area (Å²) in [6.45, 7) is 5.26. The van der Waals surface area contributed by atoms with Crippen LogP contribution in [0.1, 0.15) is 6.92 Å². The fraction of sp³-hybridized carbons (Fsp3) is 0.346. The second-order valence-corrected chi connectivity index (χ2v) is 13.4. The third-order valence-corrected chi connectivity index (χ3v) is 10.2. The van der Waals surface area contributed by atoms with E-state index in [1.54, 1.807) is 49.6 Å². The number of ether oxygens (including phenoxy) is 1. The standard InChI is InChI=1S/C26H30Cl2N7O4P/c1-3-39-40(37)13-10-35(11-14-40)9-12-38-22-8-7-21(32-33-22)30-26-29-16-17-15-18(25(36)34(2)24(17)31-26)23-19(27)5-4-6-20(23)28/h4-8,15-16,37,40H,3,9-14H2,1-2H3,(H,29,30,31,32). The van der Waals surface area contributed by atoms with E-state index in [1.807, 2.05) is 6.92 Å². The number of aryl methyl sites for hydroxylation is 1. The van der Waals surface area contributed by atoms with Crippen molar-refractivity contribution in [1.82, 2.24) is 29.6 Å². The van der Waals surface area contributed by atoms with E-state index in [-0.39, 0.29) is 11.5 Å². The third-order valence-electron chi connectivity index (χ3n) is 6.77. The Balaban J connectivity index is 1.22. The van der Waals surface area contributed by atoms with Crippen molar-refractivity contribution in [3.05, 3.63) is 63.0 Å². The van der Waals surface area contributed by atoms with Crippen LogP contribution in [0.25, 0.3) is 22.2 Å². The van der Waals surface area contributed by atoms with Crippen molar-refractivity contribution < 1.29 is 14.2 Å². The summed E-state index contributed by atoms with van der Waals surface area (Å²) >= 11 is 12.7. The van der Waals surface area contributed by atoms with Crippen molar-refractivity contribution >= 4 is 53.7 Å². The van der Waals surface area contributed by atoms with E-state index in [4.69, 9.17) is 32.5 Å². The van der Waals surface area contributed by atoms with Crippen molar-refractivity contribution in [1.29, 1.82) is 0 Å². The number of halogens is 2. The number of fused-ring (bicyclic) bond motifs is 1. The quantitative estimate of drug-likeness (QED) is 0.269. The maximum absolute atomic E-state index is 13.1. The zero-order valence-electron chi connectivity index (χ0n) is 22.1. The molecular weight excluding hydrogens is 576 g/mol. The van der Waals surface area contributed by atoms with Gasteiger partial charge in [-0.3, -0.25) is 9.36 Å². The molecule has 0 amide bonds. The van der Waals surface area contributed by atoms with E-state index in [1.165, 1.54) is 4.57 Å². The van der Waals surface area contributed by atoms with Gasteiger partial charge in [0.05, 0.1) is 15.6 Å². The predicted molar refractivity (Wildman–Crippen MR) is 159 cm³/mol. The Morgan fingerprint density at radius 2 is 1.88 bits per heavy atom. The molecule has 1 saturated heterocycles. The van der Waals surface area contributed by atoms with Crippen LogP contribution in [0, 0.1) is 0 Å². The molecule has 1 aliphatic heterocycles. The molecule has 14 heteroatoms. The van der Waals surface area contributed by atoms with Crippen LogP contribution in [0.4, 0.5) is 11.8 Å². The molecule has 0 bridgehead atoms. The second-order valence-electron chi connectivity index (χ2n) is 9.44. The molecule has 212 valence electrons. The van der Waals surface area contributed by atoms with Crippen LogP contribution >= 0.6 is 30.9 Å². The molecule has 0 atom stereocenters. The fourth-order valence-electron chi connectivity index (χ4n) is 4.64. The van der Waals surface area contributed by atoms with Crippen molar-refractivity contribution in [3.8, 4) is 17.0 Å². The van der Waals surface area contributed by atoms with E-state index in [0.717, 1.165) is 19.6 Å². The monoisotopic (exact) mass is 605 g/mol. The normalized spacial score (nSPS) is 16.1. The maximum atomic E-state index is 13.1. The van der Waals surface area contributed by atoms with E-state index >= 15 is 0 Å². The van der Waals surface area contributed by atoms with Crippen LogP contribution in [-0.4, -0.2) is 79.7 Å². The van der Waals surface area contributed by atoms with Crippen LogP contribution in [0.3, 0.4) is 0 Å². The molecule has 3 aromatic heterocycles. The first-order valence-corrected chi connectivity index (χ1v) is 15.9. The van der Waals surface area contributed by atoms with Gasteiger partial charge in [0.1, 0.15) is 5.65 Å². The Morgan fingerprint density at radius 1 is 1.12 bits per heavy atom. The third kappa shape index (κ3) is 6.35. The summed E-state index contributed by atoms with van der Waals surface area (Å²) in [6, 6.07) is 10.2. The first kappa shape index (κ1) is 28.6. The SMILES string of the molecule is CCO[PH]1(O)CCN(CCOc2ccc(Nc3ncc4cc(-c5c(Cl)cccc5Cl)c(=O)n(C)c4n3)nn2)CC1. The number of anilines is 2. The van der Waals surface area contributed by atoms with Crippen LogP contribution in [0.15, 0.2) is 47.4 Å². The number of nitrogens with zero attached hydrogens (tertiary/aromatic N) is 6. The summed E-state index contributed by atoms with van der Waals surface area (Å²) in [5.74, 6) is 1.08. The van der Waals surface area contributed by atoms with Gasteiger partial charge in [-0.15, -0.1) is 0 Å². The Bertz CT molecular complexity index is 1540. The van der Waals surface area contributed by atoms with Gasteiger partial charge in [0, 0.05) is 24.2 Å². The number of pyridine rings is 1. The fourth-order valence-corrected chi connectivity index (χ4v) is 7.65. The summed E-state index contributed by atoms with van der Waals surface area (Å²) < 4.78 is 12.8. The molecule has 0 aliphatic carbocycles. The Morgan fingerprint density at radius 3 is 2.55 bits per heavy atom. The summed E-state index contributed by atoms with van der Waals surface area (Å²) in [5, 5.41) is 12.7. The van der Waals surface area contributed by atoms with E-state index in [9.17, 15) is 9.69 Å². The van der Waals surface area contributed by atoms with Crippen LogP contribution in [-0.2, 0) is 11.6 Å². The Kier molecular flexibility index (Phi) is 8.80. The summed E-state index contributed by atoms with van der Waals surface area (Å²) in [7, 11) is -0.879. The van der Waals surface area contributed by atoms with Crippen molar-refractivity contribution in [2.75, 3.05) is 50.5 Å². The molecule has 4 aromatic rings. The van der Waals surface area contributed by atoms with Gasteiger partial charge in [0.15, 0.2) is 0 Å². The number of hydrogen-bond donors (Lipinski definition) is 2. The molecule has 40 heavy (non-hydrogen) atoms. The summed E-state index contributed by atoms with van der Waals surface area (Å²) in [4.78, 5) is 34.7. The van der Waals surface area contributed by atoms with Gasteiger partial charge in [-0.25, -0.2) is 4.98 Å². The molecule has 2 N–H and O–H groups in total. The van der Waals surface area contributed by atoms with Gasteiger partial charge < -0.3 is 0 Å². The minimum atomic E-state index is -2.51. The average Bonchev–Trinajstić information content (AvgIpc) is 2.94. The molecule has 0 radical (unpaired) electrons. The second kappa shape index (κ2) is 12.3. The van der Waals surface area contributed by atoms with Gasteiger partial charge in [0.2, 0.25) is 0 Å². The van der Waals surface area contributed by atoms with Gasteiger partial charge in [-0.05, 0) is 18.2 Å². The molecule has 1 aromatic carbocycles. The summed E-state index contributed by atoms with van der Waals surface area (Å²) in [5.41, 5.74) is 0.984. The summed E-state index contributed by atoms with van der Waals surface area (Å²) in [6.07, 6.45) is 3.04. The topological polar surface area (TPSA) is 128 Å². The number of hydrogen-bond acceptors (Lipinski definition) is 10. The van der Waals surface area contributed by atoms with Gasteiger partial charge in [-0.1, -0.05) is 29.3 Å². The number of aromatic nitrogens is 5. The first-order chi connectivity index (χ1) is 19.3. The molecule has 1 aliphatic rings. The molecule has 1 fully saturated rings. The van der Waals surface area contributed by atoms with Crippen molar-refractivity contribution in [2.45, 2.75) is 6.92 Å². The molecule has 5 rings (SSSR count). The molecule has 0 saturated carbocycles. The Labute approximate surface area is 241 Å². The van der Waals surface area contributed by atoms with Crippen LogP contribution in [0.5, 0.6) is 5.88 Å². The van der Waals surface area contributed by atoms with E-state index in [0.29, 0.717) is 69.4 Å². The number of benzene rings is 1. The number of rotatable bonds is 9. The zero-order chi connectivity index (χ0) is 28.3. The molecule has 0 unspecified atom stereocenters. The van der Waals surface area contributed by atoms with Crippen molar-refractivity contribution in [3.63, 3.8) is 0 Å².